The van der Waals surface area contributed by atoms with Crippen LogP contribution < -0.4 is 15.4 Å². The third kappa shape index (κ3) is 6.25. The van der Waals surface area contributed by atoms with Crippen molar-refractivity contribution in [3.05, 3.63) is 53.6 Å². The molecule has 2 N–H and O–H groups in total. The minimum Gasteiger partial charge on any atom is -0.483 e. The number of anilines is 1. The van der Waals surface area contributed by atoms with E-state index in [0.29, 0.717) is 24.5 Å². The van der Waals surface area contributed by atoms with Gasteiger partial charge in [0.2, 0.25) is 10.0 Å². The van der Waals surface area contributed by atoms with E-state index < -0.39 is 10.0 Å². The fourth-order valence-corrected chi connectivity index (χ4v) is 5.04. The number of nitrogens with zero attached hydrogens (tertiary/aromatic N) is 1. The van der Waals surface area contributed by atoms with Gasteiger partial charge in [-0.3, -0.25) is 10.1 Å². The molecule has 0 bridgehead atoms. The monoisotopic (exact) mass is 461 g/mol. The summed E-state index contributed by atoms with van der Waals surface area (Å²) in [4.78, 5) is 12.4. The number of hydrogen-bond donors (Lipinski definition) is 2. The topological polar surface area (TPSA) is 87.7 Å². The van der Waals surface area contributed by atoms with Crippen molar-refractivity contribution >= 4 is 38.9 Å². The minimum atomic E-state index is -3.48. The van der Waals surface area contributed by atoms with Gasteiger partial charge in [0.25, 0.3) is 5.91 Å². The smallest absolute Gasteiger partial charge is 0.264 e. The van der Waals surface area contributed by atoms with Gasteiger partial charge < -0.3 is 10.1 Å². The highest BCUT2D eigenvalue weighted by Gasteiger charge is 2.25. The van der Waals surface area contributed by atoms with Gasteiger partial charge in [0.15, 0.2) is 11.7 Å². The Labute approximate surface area is 188 Å². The lowest BCUT2D eigenvalue weighted by atomic mass is 10.1. The van der Waals surface area contributed by atoms with Crippen LogP contribution >= 0.6 is 12.2 Å². The number of sulfonamides is 1. The van der Waals surface area contributed by atoms with Gasteiger partial charge >= 0.3 is 0 Å². The molecule has 31 heavy (non-hydrogen) atoms. The van der Waals surface area contributed by atoms with Gasteiger partial charge in [-0.1, -0.05) is 18.6 Å². The molecule has 1 saturated heterocycles. The Morgan fingerprint density at radius 2 is 1.74 bits per heavy atom. The molecule has 0 atom stereocenters. The molecule has 0 radical (unpaired) electrons. The van der Waals surface area contributed by atoms with E-state index in [1.54, 1.807) is 24.3 Å². The fraction of sp³-hybridized carbons (Fsp3) is 0.364. The largest absolute Gasteiger partial charge is 0.483 e. The fourth-order valence-electron chi connectivity index (χ4n) is 3.30. The van der Waals surface area contributed by atoms with E-state index >= 15 is 0 Å². The number of aryl methyl sites for hydroxylation is 2. The molecule has 0 spiro atoms. The molecule has 0 aliphatic carbocycles. The summed E-state index contributed by atoms with van der Waals surface area (Å²) in [6.45, 7) is 4.81. The third-order valence-electron chi connectivity index (χ3n) is 5.02. The summed E-state index contributed by atoms with van der Waals surface area (Å²) in [5.41, 5.74) is 2.57. The molecule has 1 fully saturated rings. The number of carbonyl (C=O) groups excluding carboxylic acids is 1. The predicted molar refractivity (Wildman–Crippen MR) is 125 cm³/mol. The second-order valence-corrected chi connectivity index (χ2v) is 9.90. The van der Waals surface area contributed by atoms with Crippen molar-refractivity contribution in [2.24, 2.45) is 0 Å². The Balaban J connectivity index is 1.52. The first-order valence-electron chi connectivity index (χ1n) is 10.2. The highest BCUT2D eigenvalue weighted by molar-refractivity contribution is 7.89. The molecule has 2 aromatic carbocycles. The molecule has 1 aliphatic rings. The number of piperidine rings is 1. The molecule has 1 aliphatic heterocycles. The Bertz CT molecular complexity index is 1050. The number of carbonyl (C=O) groups is 1. The Hall–Kier alpha value is -2.49. The van der Waals surface area contributed by atoms with Crippen LogP contribution in [0.5, 0.6) is 5.75 Å². The maximum Gasteiger partial charge on any atom is 0.264 e. The van der Waals surface area contributed by atoms with Crippen LogP contribution in [0.4, 0.5) is 5.69 Å². The number of ether oxygens (including phenoxy) is 1. The van der Waals surface area contributed by atoms with Gasteiger partial charge in [-0.05, 0) is 80.4 Å². The van der Waals surface area contributed by atoms with E-state index in [2.05, 4.69) is 10.6 Å². The lowest BCUT2D eigenvalue weighted by molar-refractivity contribution is -0.121. The van der Waals surface area contributed by atoms with Gasteiger partial charge in [-0.15, -0.1) is 0 Å². The highest BCUT2D eigenvalue weighted by atomic mass is 32.2. The van der Waals surface area contributed by atoms with Crippen LogP contribution in [-0.4, -0.2) is 43.4 Å². The van der Waals surface area contributed by atoms with E-state index in [9.17, 15) is 13.2 Å². The molecule has 1 heterocycles. The minimum absolute atomic E-state index is 0.112. The highest BCUT2D eigenvalue weighted by Crippen LogP contribution is 2.22. The SMILES string of the molecule is Cc1ccc(C)c(OCC(=O)NC(=S)Nc2ccc(S(=O)(=O)N3CCCCC3)cc2)c1. The van der Waals surface area contributed by atoms with Crippen molar-refractivity contribution in [3.8, 4) is 5.75 Å². The molecule has 166 valence electrons. The molecular formula is C22H27N3O4S2. The van der Waals surface area contributed by atoms with Crippen LogP contribution in [-0.2, 0) is 14.8 Å². The van der Waals surface area contributed by atoms with Crippen molar-refractivity contribution in [2.75, 3.05) is 25.0 Å². The zero-order valence-electron chi connectivity index (χ0n) is 17.7. The maximum atomic E-state index is 12.7. The van der Waals surface area contributed by atoms with E-state index in [0.717, 1.165) is 30.4 Å². The van der Waals surface area contributed by atoms with Crippen molar-refractivity contribution in [1.29, 1.82) is 0 Å². The van der Waals surface area contributed by atoms with Crippen LogP contribution in [0.1, 0.15) is 30.4 Å². The first kappa shape index (κ1) is 23.2. The first-order chi connectivity index (χ1) is 14.8. The summed E-state index contributed by atoms with van der Waals surface area (Å²) >= 11 is 5.17. The predicted octanol–water partition coefficient (Wildman–Crippen LogP) is 3.37. The van der Waals surface area contributed by atoms with E-state index in [1.807, 2.05) is 32.0 Å². The molecule has 1 amide bonds. The van der Waals surface area contributed by atoms with Gasteiger partial charge in [0, 0.05) is 18.8 Å². The summed E-state index contributed by atoms with van der Waals surface area (Å²) in [5.74, 6) is 0.266. The standard InChI is InChI=1S/C22H27N3O4S2/c1-16-6-7-17(2)20(14-16)29-15-21(26)24-22(30)23-18-8-10-19(11-9-18)31(27,28)25-12-4-3-5-13-25/h6-11,14H,3-5,12-13,15H2,1-2H3,(H2,23,24,26,30). The number of hydrogen-bond acceptors (Lipinski definition) is 5. The maximum absolute atomic E-state index is 12.7. The lowest BCUT2D eigenvalue weighted by Gasteiger charge is -2.25. The number of rotatable bonds is 6. The van der Waals surface area contributed by atoms with Gasteiger partial charge in [0.1, 0.15) is 5.75 Å². The average molecular weight is 462 g/mol. The molecule has 3 rings (SSSR count). The molecule has 2 aromatic rings. The van der Waals surface area contributed by atoms with E-state index in [-0.39, 0.29) is 22.5 Å². The van der Waals surface area contributed by atoms with Crippen molar-refractivity contribution in [3.63, 3.8) is 0 Å². The third-order valence-corrected chi connectivity index (χ3v) is 7.14. The van der Waals surface area contributed by atoms with E-state index in [1.165, 1.54) is 4.31 Å². The quantitative estimate of drug-likeness (QED) is 0.642. The van der Waals surface area contributed by atoms with Crippen LogP contribution in [0.15, 0.2) is 47.4 Å². The number of nitrogens with one attached hydrogen (secondary N) is 2. The Kier molecular flexibility index (Phi) is 7.64. The summed E-state index contributed by atoms with van der Waals surface area (Å²) in [6.07, 6.45) is 2.84. The normalized spacial score (nSPS) is 14.6. The van der Waals surface area contributed by atoms with Crippen LogP contribution in [0, 0.1) is 13.8 Å². The van der Waals surface area contributed by atoms with Crippen molar-refractivity contribution in [1.82, 2.24) is 9.62 Å². The van der Waals surface area contributed by atoms with Crippen LogP contribution in [0.25, 0.3) is 0 Å². The van der Waals surface area contributed by atoms with Crippen molar-refractivity contribution in [2.45, 2.75) is 38.0 Å². The molecule has 0 unspecified atom stereocenters. The summed E-state index contributed by atoms with van der Waals surface area (Å²) < 4.78 is 32.5. The second kappa shape index (κ2) is 10.2. The van der Waals surface area contributed by atoms with Crippen LogP contribution in [0.3, 0.4) is 0 Å². The molecule has 0 saturated carbocycles. The molecule has 0 aromatic heterocycles. The Morgan fingerprint density at radius 3 is 2.42 bits per heavy atom. The summed E-state index contributed by atoms with van der Waals surface area (Å²) in [5, 5.41) is 5.56. The van der Waals surface area contributed by atoms with Crippen LogP contribution in [0.2, 0.25) is 0 Å². The van der Waals surface area contributed by atoms with Gasteiger partial charge in [0.05, 0.1) is 4.90 Å². The Morgan fingerprint density at radius 1 is 1.06 bits per heavy atom. The van der Waals surface area contributed by atoms with Crippen molar-refractivity contribution < 1.29 is 17.9 Å². The summed E-state index contributed by atoms with van der Waals surface area (Å²) in [7, 11) is -3.48. The zero-order valence-corrected chi connectivity index (χ0v) is 19.3. The lowest BCUT2D eigenvalue weighted by Crippen LogP contribution is -2.37. The number of amides is 1. The molecular weight excluding hydrogens is 434 g/mol. The van der Waals surface area contributed by atoms with Gasteiger partial charge in [-0.2, -0.15) is 4.31 Å². The van der Waals surface area contributed by atoms with E-state index in [4.69, 9.17) is 17.0 Å². The molecule has 7 nitrogen and oxygen atoms in total. The summed E-state index contributed by atoms with van der Waals surface area (Å²) in [6, 6.07) is 12.1. The first-order valence-corrected chi connectivity index (χ1v) is 12.0. The second-order valence-electron chi connectivity index (χ2n) is 7.55. The number of thiocarbonyl (C=S) groups is 1. The number of benzene rings is 2. The molecule has 9 heteroatoms. The van der Waals surface area contributed by atoms with Gasteiger partial charge in [-0.25, -0.2) is 8.42 Å². The zero-order chi connectivity index (χ0) is 22.4. The average Bonchev–Trinajstić information content (AvgIpc) is 2.75.